The lowest BCUT2D eigenvalue weighted by molar-refractivity contribution is 0.237. The second kappa shape index (κ2) is 16.4. The minimum absolute atomic E-state index is 0.270. The summed E-state index contributed by atoms with van der Waals surface area (Å²) >= 11 is 80.4. The summed E-state index contributed by atoms with van der Waals surface area (Å²) in [5.41, 5.74) is 2.50. The van der Waals surface area contributed by atoms with Crippen molar-refractivity contribution in [3.63, 3.8) is 0 Å². The van der Waals surface area contributed by atoms with Gasteiger partial charge in [0.2, 0.25) is 0 Å². The van der Waals surface area contributed by atoms with Gasteiger partial charge in [-0.25, -0.2) is 0 Å². The lowest BCUT2D eigenvalue weighted by Crippen LogP contribution is -2.92. The molecule has 3 aliphatic carbocycles. The van der Waals surface area contributed by atoms with Crippen LogP contribution in [0.1, 0.15) is 37.7 Å². The van der Waals surface area contributed by atoms with Gasteiger partial charge in [-0.1, -0.05) is 383 Å². The predicted octanol–water partition coefficient (Wildman–Crippen LogP) is 20.2. The van der Waals surface area contributed by atoms with Crippen LogP contribution >= 0.6 is 303 Å². The highest BCUT2D eigenvalue weighted by molar-refractivity contribution is 9.36. The summed E-state index contributed by atoms with van der Waals surface area (Å²) in [6, 6.07) is 19.9. The number of allylic oxidation sites excluding steroid dienone is 2. The average Bonchev–Trinajstić information content (AvgIpc) is 3.08. The van der Waals surface area contributed by atoms with E-state index in [0.29, 0.717) is 0 Å². The summed E-state index contributed by atoms with van der Waals surface area (Å²) in [6.07, 6.45) is 8.42. The van der Waals surface area contributed by atoms with Gasteiger partial charge in [-0.2, -0.15) is 0 Å². The molecular weight excluding hydrogens is 1930 g/mol. The maximum atomic E-state index is 4.50. The smallest absolute Gasteiger partial charge is 0.0828 e. The fourth-order valence-corrected chi connectivity index (χ4v) is 32.8. The van der Waals surface area contributed by atoms with E-state index in [1.807, 2.05) is 0 Å². The summed E-state index contributed by atoms with van der Waals surface area (Å²) in [7, 11) is 0. The van der Waals surface area contributed by atoms with Crippen molar-refractivity contribution in [1.29, 1.82) is 0 Å². The molecule has 2 fully saturated rings. The molecule has 3 aromatic rings. The van der Waals surface area contributed by atoms with E-state index in [2.05, 4.69) is 363 Å². The highest BCUT2D eigenvalue weighted by Gasteiger charge is 2.95. The van der Waals surface area contributed by atoms with Gasteiger partial charge in [0.05, 0.1) is 22.1 Å². The summed E-state index contributed by atoms with van der Waals surface area (Å²) < 4.78 is -9.88. The number of rotatable bonds is 7. The molecule has 5 unspecified atom stereocenters. The van der Waals surface area contributed by atoms with Crippen LogP contribution in [-0.4, -0.2) is 44.8 Å². The number of benzene rings is 3. The fraction of sp³-hybridized carbons (Fsp3) is 0.529. The van der Waals surface area contributed by atoms with Crippen molar-refractivity contribution >= 4 is 324 Å². The van der Waals surface area contributed by atoms with Crippen LogP contribution in [0.5, 0.6) is 0 Å². The van der Waals surface area contributed by atoms with Crippen LogP contribution in [0.25, 0.3) is 21.5 Å². The van der Waals surface area contributed by atoms with Crippen LogP contribution in [0.3, 0.4) is 0 Å². The van der Waals surface area contributed by atoms with Crippen LogP contribution < -0.4 is 0 Å². The van der Waals surface area contributed by atoms with Crippen LogP contribution in [0.2, 0.25) is 0 Å². The molecule has 0 N–H and O–H groups in total. The Morgan fingerprint density at radius 2 is 1.00 bits per heavy atom. The Balaban J connectivity index is 1.36. The number of fused-ring (bicyclic) bond motifs is 6. The Hall–Kier alpha value is 7.04. The van der Waals surface area contributed by atoms with Gasteiger partial charge in [-0.3, -0.25) is 0 Å². The molecule has 0 aromatic heterocycles. The van der Waals surface area contributed by atoms with Gasteiger partial charge < -0.3 is 0 Å². The minimum atomic E-state index is -1.01. The SMILES string of the molecule is BrC1C=C2C(Br)(CCCCCCc3cccc4c3ccc3ccccc34)C(Br)(Br)C(Br)(Br)C(Br)(Br)C2(Br)C2(Br)C(Br)(Br)C(Br)(Br)C(Br)(Br)C(Br)(Br)C12Br. The third kappa shape index (κ3) is 6.49. The van der Waals surface area contributed by atoms with E-state index in [-0.39, 0.29) is 4.83 Å². The van der Waals surface area contributed by atoms with Crippen molar-refractivity contribution < 1.29 is 0 Å². The van der Waals surface area contributed by atoms with E-state index in [4.69, 9.17) is 0 Å². The van der Waals surface area contributed by atoms with Crippen molar-refractivity contribution in [3.05, 3.63) is 71.8 Å². The Kier molecular flexibility index (Phi) is 15.3. The number of hydrogen-bond donors (Lipinski definition) is 0. The van der Waals surface area contributed by atoms with Gasteiger partial charge >= 0.3 is 0 Å². The van der Waals surface area contributed by atoms with Crippen molar-refractivity contribution in [1.82, 2.24) is 0 Å². The lowest BCUT2D eigenvalue weighted by atomic mass is 9.58. The van der Waals surface area contributed by atoms with Crippen LogP contribution in [0, 0.1) is 0 Å². The molecule has 5 atom stereocenters. The van der Waals surface area contributed by atoms with Crippen LogP contribution in [0.4, 0.5) is 0 Å². The molecule has 0 nitrogen and oxygen atoms in total. The number of hydrogen-bond acceptors (Lipinski definition) is 0. The zero-order chi connectivity index (χ0) is 39.9. The van der Waals surface area contributed by atoms with Gasteiger partial charge in [0, 0.05) is 0 Å². The molecule has 0 radical (unpaired) electrons. The second-order valence-electron chi connectivity index (χ2n) is 13.5. The zero-order valence-electron chi connectivity index (χ0n) is 26.3. The number of alkyl halides is 19. The second-order valence-corrected chi connectivity index (χ2v) is 43.6. The molecule has 0 spiro atoms. The maximum absolute atomic E-state index is 4.50. The molecule has 2 saturated carbocycles. The first-order valence-corrected chi connectivity index (χ1v) is 30.9. The number of halogens is 19. The molecule has 292 valence electrons. The predicted molar refractivity (Wildman–Crippen MR) is 300 cm³/mol. The maximum Gasteiger partial charge on any atom is 0.134 e. The average molecular weight is 1950 g/mol. The van der Waals surface area contributed by atoms with E-state index < -0.39 is 39.9 Å². The number of unbranched alkanes of at least 4 members (excludes halogenated alkanes) is 3. The molecule has 3 aromatic carbocycles. The zero-order valence-corrected chi connectivity index (χ0v) is 56.4. The Labute approximate surface area is 470 Å². The van der Waals surface area contributed by atoms with Crippen molar-refractivity contribution in [3.8, 4) is 0 Å². The van der Waals surface area contributed by atoms with Crippen molar-refractivity contribution in [2.45, 2.75) is 83.3 Å². The van der Waals surface area contributed by atoms with E-state index in [1.54, 1.807) is 0 Å². The highest BCUT2D eigenvalue weighted by atomic mass is 80.0. The largest absolute Gasteiger partial charge is 0.134 e. The van der Waals surface area contributed by atoms with Crippen LogP contribution in [-0.2, 0) is 6.42 Å². The lowest BCUT2D eigenvalue weighted by Gasteiger charge is -2.78. The third-order valence-corrected chi connectivity index (χ3v) is 51.8. The van der Waals surface area contributed by atoms with Gasteiger partial charge in [0.15, 0.2) is 0 Å². The molecule has 0 bridgehead atoms. The molecule has 0 saturated heterocycles. The highest BCUT2D eigenvalue weighted by Crippen LogP contribution is 2.90. The Morgan fingerprint density at radius 1 is 0.453 bits per heavy atom. The van der Waals surface area contributed by atoms with E-state index >= 15 is 0 Å². The topological polar surface area (TPSA) is 0 Å². The first-order valence-electron chi connectivity index (χ1n) is 15.7. The standard InChI is InChI=1S/C34H23Br19/c35-23-16-22-24(36,15-6-2-1-3-8-17-10-7-12-21-19-11-5-4-9-18(19)13-14-20(17)21)28(40,41)32(48,49)29(42,43)25(22,37)27(39)26(23,38)30(44,45)33(50,51)34(52,53)31(27,46)47/h4-5,7,9-14,16,23H,1-3,6,8,15H2. The molecule has 3 aliphatic rings. The normalized spacial score (nSPS) is 35.7. The molecule has 0 amide bonds. The van der Waals surface area contributed by atoms with Gasteiger partial charge in [-0.15, -0.1) is 0 Å². The molecule has 19 heteroatoms. The molecular formula is C34H23Br19. The third-order valence-electron chi connectivity index (χ3n) is 10.9. The summed E-state index contributed by atoms with van der Waals surface area (Å²) in [6.45, 7) is 0. The quantitative estimate of drug-likeness (QED) is 0.0957. The minimum Gasteiger partial charge on any atom is -0.0828 e. The van der Waals surface area contributed by atoms with Crippen LogP contribution in [0.15, 0.2) is 66.2 Å². The number of aryl methyl sites for hydroxylation is 1. The molecule has 0 heterocycles. The Bertz CT molecular complexity index is 1990. The van der Waals surface area contributed by atoms with Crippen molar-refractivity contribution in [2.75, 3.05) is 0 Å². The summed E-state index contributed by atoms with van der Waals surface area (Å²) in [5, 5.41) is 5.28. The molecule has 6 rings (SSSR count). The van der Waals surface area contributed by atoms with E-state index in [0.717, 1.165) is 44.1 Å². The first-order chi connectivity index (χ1) is 24.1. The molecule has 0 aliphatic heterocycles. The first kappa shape index (κ1) is 49.5. The Morgan fingerprint density at radius 3 is 1.64 bits per heavy atom. The van der Waals surface area contributed by atoms with Gasteiger partial charge in [0.1, 0.15) is 22.6 Å². The summed E-state index contributed by atoms with van der Waals surface area (Å²) in [5.74, 6) is 0. The fourth-order valence-electron chi connectivity index (χ4n) is 7.95. The van der Waals surface area contributed by atoms with E-state index in [9.17, 15) is 0 Å². The van der Waals surface area contributed by atoms with Crippen molar-refractivity contribution in [2.24, 2.45) is 0 Å². The van der Waals surface area contributed by atoms with E-state index in [1.165, 1.54) is 27.1 Å². The van der Waals surface area contributed by atoms with Gasteiger partial charge in [-0.05, 0) is 51.9 Å². The monoisotopic (exact) mass is 1930 g/mol. The summed E-state index contributed by atoms with van der Waals surface area (Å²) in [4.78, 5) is -0.270. The molecule has 53 heavy (non-hydrogen) atoms. The van der Waals surface area contributed by atoms with Gasteiger partial charge in [0.25, 0.3) is 0 Å².